The molecule has 3 rings (SSSR count). The van der Waals surface area contributed by atoms with Gasteiger partial charge in [-0.1, -0.05) is 0 Å². The number of halogens is 1. The van der Waals surface area contributed by atoms with Crippen LogP contribution in [0.5, 0.6) is 0 Å². The highest BCUT2D eigenvalue weighted by Crippen LogP contribution is 2.45. The zero-order chi connectivity index (χ0) is 13.8. The molecule has 7 nitrogen and oxygen atoms in total. The van der Waals surface area contributed by atoms with E-state index in [2.05, 4.69) is 0 Å². The minimum Gasteiger partial charge on any atom is -0.327 e. The van der Waals surface area contributed by atoms with E-state index >= 15 is 0 Å². The number of hydrogen-bond donors (Lipinski definition) is 1. The first kappa shape index (κ1) is 15.2. The number of hydrogen-bond acceptors (Lipinski definition) is 5. The molecular weight excluding hydrogens is 306 g/mol. The fraction of sp³-hybridized carbons (Fsp3) is 0.455. The first-order valence-corrected chi connectivity index (χ1v) is 7.35. The summed E-state index contributed by atoms with van der Waals surface area (Å²) in [6.07, 6.45) is 0. The molecule has 1 aromatic rings. The van der Waals surface area contributed by atoms with E-state index in [0.29, 0.717) is 13.1 Å². The van der Waals surface area contributed by atoms with Crippen molar-refractivity contribution in [1.29, 1.82) is 0 Å². The highest BCUT2D eigenvalue weighted by atomic mass is 35.5. The molecule has 2 N–H and O–H groups in total. The van der Waals surface area contributed by atoms with Gasteiger partial charge in [0, 0.05) is 31.3 Å². The van der Waals surface area contributed by atoms with Crippen molar-refractivity contribution in [3.63, 3.8) is 0 Å². The first-order valence-electron chi connectivity index (χ1n) is 5.91. The lowest BCUT2D eigenvalue weighted by Gasteiger charge is -2.18. The van der Waals surface area contributed by atoms with Gasteiger partial charge in [-0.15, -0.1) is 12.4 Å². The molecule has 2 aliphatic rings. The van der Waals surface area contributed by atoms with Gasteiger partial charge in [0.05, 0.1) is 9.82 Å². The Hall–Kier alpha value is -1.22. The maximum Gasteiger partial charge on any atom is 0.269 e. The van der Waals surface area contributed by atoms with E-state index in [1.807, 2.05) is 0 Å². The fourth-order valence-electron chi connectivity index (χ4n) is 2.62. The van der Waals surface area contributed by atoms with Crippen molar-refractivity contribution in [2.75, 3.05) is 13.1 Å². The molecule has 0 radical (unpaired) electrons. The second kappa shape index (κ2) is 4.96. The maximum absolute atomic E-state index is 12.3. The number of sulfonamides is 1. The summed E-state index contributed by atoms with van der Waals surface area (Å²) in [5, 5.41) is 10.5. The lowest BCUT2D eigenvalue weighted by molar-refractivity contribution is -0.384. The van der Waals surface area contributed by atoms with Gasteiger partial charge in [0.1, 0.15) is 0 Å². The molecule has 2 fully saturated rings. The summed E-state index contributed by atoms with van der Waals surface area (Å²) < 4.78 is 26.0. The van der Waals surface area contributed by atoms with E-state index in [9.17, 15) is 18.5 Å². The van der Waals surface area contributed by atoms with Crippen LogP contribution >= 0.6 is 12.4 Å². The molecule has 2 atom stereocenters. The SMILES string of the molecule is Cl.NC1C2CN(S(=O)(=O)c3ccc([N+](=O)[O-])cc3)CC12. The number of nitrogens with zero attached hydrogens (tertiary/aromatic N) is 2. The van der Waals surface area contributed by atoms with Crippen LogP contribution in [-0.2, 0) is 10.0 Å². The number of nitro benzene ring substituents is 1. The van der Waals surface area contributed by atoms with Crippen molar-refractivity contribution in [1.82, 2.24) is 4.31 Å². The molecule has 1 saturated carbocycles. The monoisotopic (exact) mass is 319 g/mol. The number of piperidine rings is 1. The van der Waals surface area contributed by atoms with Crippen LogP contribution in [0, 0.1) is 22.0 Å². The van der Waals surface area contributed by atoms with Crippen LogP contribution in [0.4, 0.5) is 5.69 Å². The third-order valence-corrected chi connectivity index (χ3v) is 5.76. The summed E-state index contributed by atoms with van der Waals surface area (Å²) in [7, 11) is -3.55. The average Bonchev–Trinajstić information content (AvgIpc) is 2.80. The van der Waals surface area contributed by atoms with Crippen molar-refractivity contribution < 1.29 is 13.3 Å². The highest BCUT2D eigenvalue weighted by molar-refractivity contribution is 7.89. The molecule has 1 aliphatic carbocycles. The van der Waals surface area contributed by atoms with E-state index in [-0.39, 0.29) is 40.9 Å². The van der Waals surface area contributed by atoms with E-state index in [1.165, 1.54) is 28.6 Å². The van der Waals surface area contributed by atoms with Crippen molar-refractivity contribution >= 4 is 28.1 Å². The standard InChI is InChI=1S/C11H13N3O4S.ClH/c12-11-9-5-13(6-10(9)11)19(17,18)8-3-1-7(2-4-8)14(15)16;/h1-4,9-11H,5-6,12H2;1H. The summed E-state index contributed by atoms with van der Waals surface area (Å²) in [5.74, 6) is 0.542. The Morgan fingerprint density at radius 2 is 1.70 bits per heavy atom. The second-order valence-corrected chi connectivity index (χ2v) is 6.92. The Labute approximate surface area is 122 Å². The lowest BCUT2D eigenvalue weighted by Crippen LogP contribution is -2.33. The van der Waals surface area contributed by atoms with Gasteiger partial charge in [-0.25, -0.2) is 8.42 Å². The van der Waals surface area contributed by atoms with Gasteiger partial charge in [0.15, 0.2) is 0 Å². The molecule has 2 unspecified atom stereocenters. The van der Waals surface area contributed by atoms with Gasteiger partial charge in [-0.05, 0) is 24.0 Å². The third-order valence-electron chi connectivity index (χ3n) is 3.91. The van der Waals surface area contributed by atoms with Crippen LogP contribution in [0.3, 0.4) is 0 Å². The van der Waals surface area contributed by atoms with Crippen molar-refractivity contribution in [2.45, 2.75) is 10.9 Å². The van der Waals surface area contributed by atoms with Gasteiger partial charge < -0.3 is 5.73 Å². The molecule has 1 saturated heterocycles. The van der Waals surface area contributed by atoms with Gasteiger partial charge in [-0.3, -0.25) is 10.1 Å². The minimum absolute atomic E-state index is 0. The number of rotatable bonds is 3. The maximum atomic E-state index is 12.3. The first-order chi connectivity index (χ1) is 8.91. The normalized spacial score (nSPS) is 28.6. The van der Waals surface area contributed by atoms with Gasteiger partial charge in [0.2, 0.25) is 10.0 Å². The van der Waals surface area contributed by atoms with Gasteiger partial charge >= 0.3 is 0 Å². The predicted molar refractivity (Wildman–Crippen MR) is 74.1 cm³/mol. The molecule has 1 aromatic carbocycles. The summed E-state index contributed by atoms with van der Waals surface area (Å²) in [6, 6.07) is 5.09. The quantitative estimate of drug-likeness (QED) is 0.648. The van der Waals surface area contributed by atoms with E-state index in [1.54, 1.807) is 0 Å². The summed E-state index contributed by atoms with van der Waals surface area (Å²) >= 11 is 0. The zero-order valence-electron chi connectivity index (χ0n) is 10.4. The number of nitro groups is 1. The molecule has 9 heteroatoms. The highest BCUT2D eigenvalue weighted by Gasteiger charge is 2.56. The Bertz CT molecular complexity index is 622. The fourth-order valence-corrected chi connectivity index (χ4v) is 4.13. The van der Waals surface area contributed by atoms with Crippen LogP contribution < -0.4 is 5.73 Å². The van der Waals surface area contributed by atoms with Crippen LogP contribution in [0.1, 0.15) is 0 Å². The third kappa shape index (κ3) is 2.28. The Balaban J connectivity index is 0.00000147. The Morgan fingerprint density at radius 1 is 1.20 bits per heavy atom. The molecular formula is C11H14ClN3O4S. The largest absolute Gasteiger partial charge is 0.327 e. The lowest BCUT2D eigenvalue weighted by atomic mass is 10.3. The minimum atomic E-state index is -3.55. The van der Waals surface area contributed by atoms with Gasteiger partial charge in [-0.2, -0.15) is 4.31 Å². The van der Waals surface area contributed by atoms with Gasteiger partial charge in [0.25, 0.3) is 5.69 Å². The van der Waals surface area contributed by atoms with Crippen molar-refractivity contribution in [3.8, 4) is 0 Å². The molecule has 1 aliphatic heterocycles. The van der Waals surface area contributed by atoms with Crippen molar-refractivity contribution in [3.05, 3.63) is 34.4 Å². The molecule has 20 heavy (non-hydrogen) atoms. The predicted octanol–water partition coefficient (Wildman–Crippen LogP) is 0.594. The number of nitrogens with two attached hydrogens (primary N) is 1. The van der Waals surface area contributed by atoms with E-state index < -0.39 is 14.9 Å². The molecule has 0 spiro atoms. The van der Waals surface area contributed by atoms with Crippen LogP contribution in [0.15, 0.2) is 29.2 Å². The summed E-state index contributed by atoms with van der Waals surface area (Å²) in [6.45, 7) is 0.899. The molecule has 0 amide bonds. The number of benzene rings is 1. The van der Waals surface area contributed by atoms with Crippen molar-refractivity contribution in [2.24, 2.45) is 17.6 Å². The average molecular weight is 320 g/mol. The topological polar surface area (TPSA) is 107 Å². The van der Waals surface area contributed by atoms with Crippen LogP contribution in [0.2, 0.25) is 0 Å². The molecule has 0 aromatic heterocycles. The molecule has 1 heterocycles. The smallest absolute Gasteiger partial charge is 0.269 e. The molecule has 0 bridgehead atoms. The summed E-state index contributed by atoms with van der Waals surface area (Å²) in [5.41, 5.74) is 5.65. The molecule has 110 valence electrons. The van der Waals surface area contributed by atoms with E-state index in [4.69, 9.17) is 5.73 Å². The van der Waals surface area contributed by atoms with Crippen LogP contribution in [0.25, 0.3) is 0 Å². The zero-order valence-corrected chi connectivity index (χ0v) is 12.0. The summed E-state index contributed by atoms with van der Waals surface area (Å²) in [4.78, 5) is 10.1. The van der Waals surface area contributed by atoms with E-state index in [0.717, 1.165) is 0 Å². The Kier molecular flexibility index (Phi) is 3.76. The number of fused-ring (bicyclic) bond motifs is 1. The van der Waals surface area contributed by atoms with Crippen LogP contribution in [-0.4, -0.2) is 36.8 Å². The Morgan fingerprint density at radius 3 is 2.15 bits per heavy atom. The number of non-ortho nitro benzene ring substituents is 1. The second-order valence-electron chi connectivity index (χ2n) is 4.98.